The normalized spacial score (nSPS) is 24.2. The van der Waals surface area contributed by atoms with Gasteiger partial charge in [0.25, 0.3) is 5.91 Å². The zero-order valence-corrected chi connectivity index (χ0v) is 21.8. The van der Waals surface area contributed by atoms with Crippen molar-refractivity contribution in [3.63, 3.8) is 0 Å². The lowest BCUT2D eigenvalue weighted by atomic mass is 9.94. The average Bonchev–Trinajstić information content (AvgIpc) is 3.16. The fourth-order valence-corrected chi connectivity index (χ4v) is 6.39. The lowest BCUT2D eigenvalue weighted by Gasteiger charge is -2.38. The molecule has 6 heteroatoms. The number of hydrogen-bond donors (Lipinski definition) is 0. The molecule has 1 saturated heterocycles. The molecule has 1 fully saturated rings. The maximum atomic E-state index is 13.8. The van der Waals surface area contributed by atoms with Crippen LogP contribution in [-0.2, 0) is 9.22 Å². The van der Waals surface area contributed by atoms with Gasteiger partial charge >= 0.3 is 0 Å². The minimum Gasteiger partial charge on any atom is -0.546 e. The molecule has 2 aliphatic heterocycles. The summed E-state index contributed by atoms with van der Waals surface area (Å²) in [5, 5.41) is 0.101. The summed E-state index contributed by atoms with van der Waals surface area (Å²) in [6.07, 6.45) is 4.25. The summed E-state index contributed by atoms with van der Waals surface area (Å²) in [4.78, 5) is 18.2. The molecule has 1 aromatic rings. The van der Waals surface area contributed by atoms with Crippen LogP contribution < -0.4 is 4.90 Å². The molecule has 4 nitrogen and oxygen atoms in total. The summed E-state index contributed by atoms with van der Waals surface area (Å²) in [6, 6.07) is 6.58. The minimum atomic E-state index is -2.04. The summed E-state index contributed by atoms with van der Waals surface area (Å²) >= 11 is 3.65. The van der Waals surface area contributed by atoms with Gasteiger partial charge in [0.15, 0.2) is 0 Å². The van der Waals surface area contributed by atoms with Gasteiger partial charge in [-0.25, -0.2) is 0 Å². The zero-order chi connectivity index (χ0) is 21.8. The predicted molar refractivity (Wildman–Crippen MR) is 129 cm³/mol. The fourth-order valence-electron chi connectivity index (χ4n) is 4.90. The number of hydrogen-bond acceptors (Lipinski definition) is 3. The average molecular weight is 492 g/mol. The maximum absolute atomic E-state index is 13.8. The number of halogens is 1. The van der Waals surface area contributed by atoms with E-state index in [0.717, 1.165) is 48.2 Å². The Bertz CT molecular complexity index is 884. The van der Waals surface area contributed by atoms with Crippen molar-refractivity contribution in [1.82, 2.24) is 4.90 Å². The van der Waals surface area contributed by atoms with Gasteiger partial charge in [-0.15, -0.1) is 0 Å². The second kappa shape index (κ2) is 7.70. The zero-order valence-electron chi connectivity index (χ0n) is 19.2. The van der Waals surface area contributed by atoms with Gasteiger partial charge in [0.1, 0.15) is 0 Å². The van der Waals surface area contributed by atoms with Crippen LogP contribution in [0.3, 0.4) is 0 Å². The SMILES string of the molecule is CN1c2ccc(Br)cc2[C@@H]2CC(O[Si](C)(C)C(C)(C)C)=C(C(=O)N3CCCCC3)[C@@H]21. The molecule has 2 heterocycles. The Hall–Kier alpha value is -1.27. The maximum Gasteiger partial charge on any atom is 0.255 e. The molecule has 1 aromatic carbocycles. The van der Waals surface area contributed by atoms with Crippen molar-refractivity contribution < 1.29 is 9.22 Å². The Morgan fingerprint density at radius 3 is 2.47 bits per heavy atom. The number of carbonyl (C=O) groups excluding carboxylic acids is 1. The molecule has 1 aliphatic carbocycles. The molecule has 164 valence electrons. The van der Waals surface area contributed by atoms with Gasteiger partial charge in [-0.1, -0.05) is 36.7 Å². The Morgan fingerprint density at radius 1 is 1.17 bits per heavy atom. The van der Waals surface area contributed by atoms with Crippen LogP contribution in [0.4, 0.5) is 5.69 Å². The Balaban J connectivity index is 1.75. The molecule has 1 amide bonds. The van der Waals surface area contributed by atoms with Crippen LogP contribution >= 0.6 is 15.9 Å². The lowest BCUT2D eigenvalue weighted by molar-refractivity contribution is -0.128. The van der Waals surface area contributed by atoms with Crippen molar-refractivity contribution in [2.24, 2.45) is 0 Å². The van der Waals surface area contributed by atoms with E-state index in [4.69, 9.17) is 4.43 Å². The molecule has 0 aromatic heterocycles. The number of carbonyl (C=O) groups is 1. The Morgan fingerprint density at radius 2 is 1.83 bits per heavy atom. The first-order valence-corrected chi connectivity index (χ1v) is 14.9. The second-order valence-electron chi connectivity index (χ2n) is 10.6. The van der Waals surface area contributed by atoms with Crippen molar-refractivity contribution in [1.29, 1.82) is 0 Å². The smallest absolute Gasteiger partial charge is 0.255 e. The van der Waals surface area contributed by atoms with E-state index >= 15 is 0 Å². The van der Waals surface area contributed by atoms with Crippen LogP contribution in [0.15, 0.2) is 34.0 Å². The van der Waals surface area contributed by atoms with Gasteiger partial charge in [-0.05, 0) is 61.2 Å². The number of likely N-dealkylation sites (N-methyl/N-ethyl adjacent to an activating group) is 1. The Labute approximate surface area is 190 Å². The van der Waals surface area contributed by atoms with Crippen LogP contribution in [0.5, 0.6) is 0 Å². The highest BCUT2D eigenvalue weighted by Crippen LogP contribution is 2.53. The summed E-state index contributed by atoms with van der Waals surface area (Å²) in [7, 11) is 0.0992. The highest BCUT2D eigenvalue weighted by atomic mass is 79.9. The lowest BCUT2D eigenvalue weighted by Crippen LogP contribution is -2.43. The largest absolute Gasteiger partial charge is 0.546 e. The minimum absolute atomic E-state index is 0.0727. The molecule has 2 atom stereocenters. The summed E-state index contributed by atoms with van der Waals surface area (Å²) in [5.41, 5.74) is 3.49. The van der Waals surface area contributed by atoms with E-state index in [1.807, 2.05) is 0 Å². The number of likely N-dealkylation sites (tertiary alicyclic amines) is 1. The number of nitrogens with zero attached hydrogens (tertiary/aromatic N) is 2. The van der Waals surface area contributed by atoms with E-state index in [0.29, 0.717) is 0 Å². The number of fused-ring (bicyclic) bond motifs is 3. The number of rotatable bonds is 3. The van der Waals surface area contributed by atoms with Crippen LogP contribution in [0.25, 0.3) is 0 Å². The molecule has 3 aliphatic rings. The standard InChI is InChI=1S/C24H35BrN2O2Si/c1-24(2,3)30(5,6)29-20-15-18-17-14-16(25)10-11-19(17)26(4)22(18)21(20)23(28)27-12-8-7-9-13-27/h10-11,14,18,22H,7-9,12-13,15H2,1-6H3/t18-,22+/m0/s1. The van der Waals surface area contributed by atoms with E-state index in [-0.39, 0.29) is 22.9 Å². The van der Waals surface area contributed by atoms with Gasteiger partial charge < -0.3 is 14.2 Å². The van der Waals surface area contributed by atoms with E-state index in [1.165, 1.54) is 17.7 Å². The Kier molecular flexibility index (Phi) is 5.63. The molecular weight excluding hydrogens is 456 g/mol. The number of allylic oxidation sites excluding steroid dienone is 1. The van der Waals surface area contributed by atoms with Crippen molar-refractivity contribution in [3.05, 3.63) is 39.6 Å². The molecule has 0 spiro atoms. The first-order valence-electron chi connectivity index (χ1n) is 11.2. The highest BCUT2D eigenvalue weighted by molar-refractivity contribution is 9.10. The van der Waals surface area contributed by atoms with Crippen molar-refractivity contribution in [3.8, 4) is 0 Å². The molecule has 30 heavy (non-hydrogen) atoms. The summed E-state index contributed by atoms with van der Waals surface area (Å²) < 4.78 is 7.95. The molecule has 0 radical (unpaired) electrons. The van der Waals surface area contributed by atoms with E-state index < -0.39 is 8.32 Å². The summed E-state index contributed by atoms with van der Waals surface area (Å²) in [5.74, 6) is 1.45. The fraction of sp³-hybridized carbons (Fsp3) is 0.625. The van der Waals surface area contributed by atoms with E-state index in [9.17, 15) is 4.79 Å². The van der Waals surface area contributed by atoms with Crippen LogP contribution in [0, 0.1) is 0 Å². The highest BCUT2D eigenvalue weighted by Gasteiger charge is 2.51. The number of anilines is 1. The van der Waals surface area contributed by atoms with Crippen molar-refractivity contribution >= 4 is 35.8 Å². The first kappa shape index (κ1) is 21.9. The number of benzene rings is 1. The number of amides is 1. The molecule has 0 N–H and O–H groups in total. The topological polar surface area (TPSA) is 32.8 Å². The monoisotopic (exact) mass is 490 g/mol. The third-order valence-electron chi connectivity index (χ3n) is 7.63. The molecule has 0 unspecified atom stereocenters. The summed E-state index contributed by atoms with van der Waals surface area (Å²) in [6.45, 7) is 13.1. The van der Waals surface area contributed by atoms with E-state index in [2.05, 4.69) is 84.8 Å². The van der Waals surface area contributed by atoms with Crippen LogP contribution in [-0.4, -0.2) is 45.3 Å². The first-order chi connectivity index (χ1) is 14.0. The van der Waals surface area contributed by atoms with E-state index in [1.54, 1.807) is 0 Å². The molecular formula is C24H35BrN2O2Si. The van der Waals surface area contributed by atoms with Crippen LogP contribution in [0.1, 0.15) is 57.9 Å². The van der Waals surface area contributed by atoms with Gasteiger partial charge in [0.05, 0.1) is 17.4 Å². The van der Waals surface area contributed by atoms with Gasteiger partial charge in [-0.3, -0.25) is 4.79 Å². The van der Waals surface area contributed by atoms with Gasteiger partial charge in [0, 0.05) is 42.6 Å². The molecule has 4 rings (SSSR count). The van der Waals surface area contributed by atoms with Crippen molar-refractivity contribution in [2.75, 3.05) is 25.0 Å². The quantitative estimate of drug-likeness (QED) is 0.483. The van der Waals surface area contributed by atoms with Crippen molar-refractivity contribution in [2.45, 2.75) is 76.5 Å². The molecule has 0 bridgehead atoms. The van der Waals surface area contributed by atoms with Gasteiger partial charge in [0.2, 0.25) is 8.32 Å². The second-order valence-corrected chi connectivity index (χ2v) is 16.3. The van der Waals surface area contributed by atoms with Crippen LogP contribution in [0.2, 0.25) is 18.1 Å². The number of piperidine rings is 1. The molecule has 0 saturated carbocycles. The third-order valence-corrected chi connectivity index (χ3v) is 12.5. The predicted octanol–water partition coefficient (Wildman–Crippen LogP) is 6.04. The van der Waals surface area contributed by atoms with Gasteiger partial charge in [-0.2, -0.15) is 0 Å². The third kappa shape index (κ3) is 3.64.